The smallest absolute Gasteiger partial charge is 0.167 e. The molecule has 13 rings (SSSR count). The Kier molecular flexibility index (Phi) is 6.07. The first kappa shape index (κ1) is 30.5. The highest BCUT2D eigenvalue weighted by atomic mass is 16.3. The summed E-state index contributed by atoms with van der Waals surface area (Å²) < 4.78 is 12.0. The summed E-state index contributed by atoms with van der Waals surface area (Å²) in [7, 11) is 0. The van der Waals surface area contributed by atoms with E-state index >= 15 is 0 Å². The number of nitrogens with zero attached hydrogens (tertiary/aromatic N) is 5. The molecule has 0 unspecified atom stereocenters. The van der Waals surface area contributed by atoms with E-state index in [1.807, 2.05) is 60.7 Å². The summed E-state index contributed by atoms with van der Waals surface area (Å²) in [6, 6.07) is 61.7. The minimum Gasteiger partial charge on any atom is -0.455 e. The van der Waals surface area contributed by atoms with Gasteiger partial charge in [0.05, 0.1) is 44.2 Å². The van der Waals surface area contributed by atoms with Crippen LogP contribution in [0.3, 0.4) is 0 Å². The molecule has 0 aliphatic carbocycles. The van der Waals surface area contributed by atoms with E-state index in [1.54, 1.807) is 0 Å². The van der Waals surface area contributed by atoms with Crippen molar-refractivity contribution in [2.75, 3.05) is 0 Å². The van der Waals surface area contributed by atoms with Gasteiger partial charge in [-0.3, -0.25) is 0 Å². The molecule has 6 nitrogen and oxygen atoms in total. The van der Waals surface area contributed by atoms with E-state index in [0.717, 1.165) is 66.3 Å². The molecule has 57 heavy (non-hydrogen) atoms. The Morgan fingerprint density at radius 1 is 0.386 bits per heavy atom. The second-order valence-electron chi connectivity index (χ2n) is 14.8. The molecule has 5 aromatic heterocycles. The minimum atomic E-state index is 0.552. The average Bonchev–Trinajstić information content (AvgIpc) is 4.02. The molecule has 0 fully saturated rings. The standard InChI is InChI=1S/C51H29N5O/c1-3-14-30(15-4-1)49-52-50(31-16-5-2-6-17-31)54-51(53-49)37-26-27-43(55-40-23-10-7-18-32(40)33-19-8-11-24-41(33)55)46-39-28-44-38(29-45(39)57-48(37)46)36-22-13-21-35-34-20-9-12-25-42(34)56(44)47(35)36/h1-29H. The first-order valence-corrected chi connectivity index (χ1v) is 19.2. The van der Waals surface area contributed by atoms with Gasteiger partial charge in [0.1, 0.15) is 11.2 Å². The van der Waals surface area contributed by atoms with E-state index < -0.39 is 0 Å². The lowest BCUT2D eigenvalue weighted by Crippen LogP contribution is -2.01. The quantitative estimate of drug-likeness (QED) is 0.181. The summed E-state index contributed by atoms with van der Waals surface area (Å²) in [4.78, 5) is 15.3. The lowest BCUT2D eigenvalue weighted by Gasteiger charge is -2.12. The van der Waals surface area contributed by atoms with Crippen molar-refractivity contribution in [3.05, 3.63) is 176 Å². The van der Waals surface area contributed by atoms with Crippen LogP contribution in [-0.4, -0.2) is 23.9 Å². The van der Waals surface area contributed by atoms with Crippen molar-refractivity contribution in [3.8, 4) is 39.9 Å². The van der Waals surface area contributed by atoms with Crippen LogP contribution >= 0.6 is 0 Å². The van der Waals surface area contributed by atoms with E-state index in [0.29, 0.717) is 17.5 Å². The van der Waals surface area contributed by atoms with Crippen LogP contribution in [0.4, 0.5) is 0 Å². The van der Waals surface area contributed by atoms with Crippen molar-refractivity contribution in [1.29, 1.82) is 0 Å². The molecule has 0 radical (unpaired) electrons. The van der Waals surface area contributed by atoms with Gasteiger partial charge in [0, 0.05) is 48.8 Å². The van der Waals surface area contributed by atoms with E-state index in [1.165, 1.54) is 38.0 Å². The molecule has 0 saturated carbocycles. The van der Waals surface area contributed by atoms with E-state index in [9.17, 15) is 0 Å². The van der Waals surface area contributed by atoms with Crippen LogP contribution in [0.25, 0.3) is 122 Å². The third-order valence-corrected chi connectivity index (χ3v) is 11.7. The third-order valence-electron chi connectivity index (χ3n) is 11.7. The largest absolute Gasteiger partial charge is 0.455 e. The molecule has 0 aliphatic rings. The van der Waals surface area contributed by atoms with Crippen molar-refractivity contribution < 1.29 is 4.42 Å². The highest BCUT2D eigenvalue weighted by Crippen LogP contribution is 2.46. The van der Waals surface area contributed by atoms with Gasteiger partial charge in [-0.1, -0.05) is 133 Å². The van der Waals surface area contributed by atoms with Gasteiger partial charge in [0.2, 0.25) is 0 Å². The number of hydrogen-bond donors (Lipinski definition) is 0. The average molecular weight is 728 g/mol. The van der Waals surface area contributed by atoms with Gasteiger partial charge < -0.3 is 13.4 Å². The van der Waals surface area contributed by atoms with E-state index in [4.69, 9.17) is 19.4 Å². The van der Waals surface area contributed by atoms with Gasteiger partial charge in [-0.25, -0.2) is 15.0 Å². The fourth-order valence-corrected chi connectivity index (χ4v) is 9.26. The molecule has 0 aliphatic heterocycles. The van der Waals surface area contributed by atoms with Gasteiger partial charge in [0.25, 0.3) is 0 Å². The van der Waals surface area contributed by atoms with Crippen molar-refractivity contribution in [2.45, 2.75) is 0 Å². The molecule has 0 atom stereocenters. The highest BCUT2D eigenvalue weighted by Gasteiger charge is 2.25. The molecule has 0 N–H and O–H groups in total. The zero-order valence-corrected chi connectivity index (χ0v) is 30.4. The maximum atomic E-state index is 7.15. The Bertz CT molecular complexity index is 3640. The Labute approximate surface area is 324 Å². The number of furan rings is 1. The topological polar surface area (TPSA) is 61.2 Å². The molecule has 0 bridgehead atoms. The summed E-state index contributed by atoms with van der Waals surface area (Å²) in [6.07, 6.45) is 0. The lowest BCUT2D eigenvalue weighted by molar-refractivity contribution is 0.670. The summed E-state index contributed by atoms with van der Waals surface area (Å²) in [5.74, 6) is 1.76. The normalized spacial score (nSPS) is 12.2. The molecule has 0 amide bonds. The van der Waals surface area contributed by atoms with E-state index in [-0.39, 0.29) is 0 Å². The van der Waals surface area contributed by atoms with Crippen LogP contribution < -0.4 is 0 Å². The molecule has 264 valence electrons. The molecule has 6 heteroatoms. The molecule has 5 heterocycles. The molecule has 0 spiro atoms. The van der Waals surface area contributed by atoms with Crippen molar-refractivity contribution >= 4 is 81.8 Å². The zero-order chi connectivity index (χ0) is 37.2. The first-order chi connectivity index (χ1) is 28.3. The summed E-state index contributed by atoms with van der Waals surface area (Å²) in [5.41, 5.74) is 11.1. The lowest BCUT2D eigenvalue weighted by atomic mass is 10.0. The number of aromatic nitrogens is 5. The fraction of sp³-hybridized carbons (Fsp3) is 0. The molecule has 0 saturated heterocycles. The monoisotopic (exact) mass is 727 g/mol. The number of hydrogen-bond acceptors (Lipinski definition) is 4. The van der Waals surface area contributed by atoms with Gasteiger partial charge in [-0.2, -0.15) is 0 Å². The number of rotatable bonds is 4. The highest BCUT2D eigenvalue weighted by molar-refractivity contribution is 6.26. The van der Waals surface area contributed by atoms with Crippen molar-refractivity contribution in [1.82, 2.24) is 23.9 Å². The summed E-state index contributed by atoms with van der Waals surface area (Å²) in [5, 5.41) is 9.31. The number of benzene rings is 8. The van der Waals surface area contributed by atoms with E-state index in [2.05, 4.69) is 124 Å². The Morgan fingerprint density at radius 2 is 0.912 bits per heavy atom. The maximum Gasteiger partial charge on any atom is 0.167 e. The van der Waals surface area contributed by atoms with Gasteiger partial charge in [0.15, 0.2) is 17.5 Å². The molecular weight excluding hydrogens is 699 g/mol. The van der Waals surface area contributed by atoms with Gasteiger partial charge >= 0.3 is 0 Å². The van der Waals surface area contributed by atoms with Gasteiger partial charge in [-0.15, -0.1) is 0 Å². The summed E-state index contributed by atoms with van der Waals surface area (Å²) in [6.45, 7) is 0. The van der Waals surface area contributed by atoms with Crippen LogP contribution in [0.1, 0.15) is 0 Å². The predicted octanol–water partition coefficient (Wildman–Crippen LogP) is 13.0. The second kappa shape index (κ2) is 11.4. The predicted molar refractivity (Wildman–Crippen MR) is 232 cm³/mol. The van der Waals surface area contributed by atoms with Crippen LogP contribution in [0, 0.1) is 0 Å². The van der Waals surface area contributed by atoms with Gasteiger partial charge in [-0.05, 0) is 42.5 Å². The van der Waals surface area contributed by atoms with Crippen LogP contribution in [0.2, 0.25) is 0 Å². The molecule has 13 aromatic rings. The Hall–Kier alpha value is -7.83. The van der Waals surface area contributed by atoms with Crippen molar-refractivity contribution in [2.24, 2.45) is 0 Å². The minimum absolute atomic E-state index is 0.552. The van der Waals surface area contributed by atoms with Crippen LogP contribution in [-0.2, 0) is 0 Å². The Balaban J connectivity index is 1.18. The zero-order valence-electron chi connectivity index (χ0n) is 30.4. The third kappa shape index (κ3) is 4.21. The molecular formula is C51H29N5O. The molecule has 8 aromatic carbocycles. The second-order valence-corrected chi connectivity index (χ2v) is 14.8. The maximum absolute atomic E-state index is 7.15. The SMILES string of the molecule is c1ccc(-c2nc(-c3ccccc3)nc(-c3ccc(-n4c5ccccc5c5ccccc54)c4c3oc3cc5c6cccc7c8ccccc8n(c5cc34)c76)n2)cc1. The summed E-state index contributed by atoms with van der Waals surface area (Å²) >= 11 is 0. The fourth-order valence-electron chi connectivity index (χ4n) is 9.26. The number of para-hydroxylation sites is 4. The van der Waals surface area contributed by atoms with Crippen molar-refractivity contribution in [3.63, 3.8) is 0 Å². The van der Waals surface area contributed by atoms with Crippen LogP contribution in [0.5, 0.6) is 0 Å². The Morgan fingerprint density at radius 3 is 1.56 bits per heavy atom. The number of fused-ring (bicyclic) bond motifs is 12. The first-order valence-electron chi connectivity index (χ1n) is 19.2. The van der Waals surface area contributed by atoms with Crippen LogP contribution in [0.15, 0.2) is 180 Å².